The number of hydrogen-bond donors (Lipinski definition) is 2. The fraction of sp³-hybridized carbons (Fsp3) is 0.385. The first kappa shape index (κ1) is 14.8. The van der Waals surface area contributed by atoms with Crippen molar-refractivity contribution >= 4 is 12.2 Å². The number of nitrogens with zero attached hydrogens (tertiary/aromatic N) is 1. The van der Waals surface area contributed by atoms with E-state index in [4.69, 9.17) is 15.2 Å². The van der Waals surface area contributed by atoms with Crippen LogP contribution in [0.5, 0.6) is 11.5 Å². The van der Waals surface area contributed by atoms with Gasteiger partial charge in [0.25, 0.3) is 0 Å². The number of benzene rings is 1. The van der Waals surface area contributed by atoms with Crippen molar-refractivity contribution in [3.05, 3.63) is 23.8 Å². The van der Waals surface area contributed by atoms with Crippen LogP contribution in [0.2, 0.25) is 0 Å². The van der Waals surface area contributed by atoms with Crippen LogP contribution in [0.4, 0.5) is 4.79 Å². The van der Waals surface area contributed by atoms with Gasteiger partial charge in [-0.25, -0.2) is 10.2 Å². The molecule has 1 atom stereocenters. The minimum atomic E-state index is -0.708. The van der Waals surface area contributed by atoms with Crippen LogP contribution >= 0.6 is 0 Å². The van der Waals surface area contributed by atoms with E-state index >= 15 is 0 Å². The fourth-order valence-corrected chi connectivity index (χ4v) is 1.33. The first-order valence-corrected chi connectivity index (χ1v) is 6.00. The number of methoxy groups -OCH3 is 1. The lowest BCUT2D eigenvalue weighted by atomic mass is 10.2. The molecule has 0 aromatic heterocycles. The second-order valence-electron chi connectivity index (χ2n) is 3.98. The zero-order chi connectivity index (χ0) is 14.3. The predicted octanol–water partition coefficient (Wildman–Crippen LogP) is 1.87. The summed E-state index contributed by atoms with van der Waals surface area (Å²) in [4.78, 5) is 10.5. The number of urea groups is 1. The van der Waals surface area contributed by atoms with E-state index in [0.717, 1.165) is 12.0 Å². The largest absolute Gasteiger partial charge is 0.493 e. The Morgan fingerprint density at radius 1 is 1.53 bits per heavy atom. The lowest BCUT2D eigenvalue weighted by molar-refractivity contribution is 0.207. The summed E-state index contributed by atoms with van der Waals surface area (Å²) >= 11 is 0. The maximum absolute atomic E-state index is 10.5. The van der Waals surface area contributed by atoms with Gasteiger partial charge < -0.3 is 15.2 Å². The van der Waals surface area contributed by atoms with Crippen LogP contribution in [0.1, 0.15) is 25.8 Å². The molecule has 0 heterocycles. The number of carbonyl (C=O) groups is 1. The Kier molecular flexibility index (Phi) is 5.66. The summed E-state index contributed by atoms with van der Waals surface area (Å²) in [6.07, 6.45) is 2.50. The number of hydrogen-bond acceptors (Lipinski definition) is 4. The number of primary amides is 1. The summed E-state index contributed by atoms with van der Waals surface area (Å²) in [5, 5.41) is 3.68. The SMILES string of the molecule is CCC(C)Oc1ccc(C=NNC(N)=O)cc1OC. The van der Waals surface area contributed by atoms with Crippen molar-refractivity contribution in [1.82, 2.24) is 5.43 Å². The zero-order valence-corrected chi connectivity index (χ0v) is 11.3. The minimum absolute atomic E-state index is 0.116. The van der Waals surface area contributed by atoms with Gasteiger partial charge >= 0.3 is 6.03 Å². The van der Waals surface area contributed by atoms with Gasteiger partial charge in [-0.1, -0.05) is 6.92 Å². The topological polar surface area (TPSA) is 85.9 Å². The molecule has 19 heavy (non-hydrogen) atoms. The molecule has 3 N–H and O–H groups in total. The average Bonchev–Trinajstić information content (AvgIpc) is 2.39. The number of ether oxygens (including phenoxy) is 2. The highest BCUT2D eigenvalue weighted by molar-refractivity contribution is 5.82. The van der Waals surface area contributed by atoms with E-state index in [9.17, 15) is 4.79 Å². The monoisotopic (exact) mass is 265 g/mol. The van der Waals surface area contributed by atoms with Crippen LogP contribution in [0.25, 0.3) is 0 Å². The molecule has 0 bridgehead atoms. The van der Waals surface area contributed by atoms with Gasteiger partial charge in [0.2, 0.25) is 0 Å². The van der Waals surface area contributed by atoms with Crippen LogP contribution in [-0.4, -0.2) is 25.5 Å². The van der Waals surface area contributed by atoms with E-state index in [1.165, 1.54) is 6.21 Å². The van der Waals surface area contributed by atoms with E-state index in [1.54, 1.807) is 19.2 Å². The van der Waals surface area contributed by atoms with Crippen LogP contribution in [0.15, 0.2) is 23.3 Å². The third-order valence-electron chi connectivity index (χ3n) is 2.48. The average molecular weight is 265 g/mol. The standard InChI is InChI=1S/C13H19N3O3/c1-4-9(2)19-11-6-5-10(7-12(11)18-3)8-15-16-13(14)17/h5-9H,4H2,1-3H3,(H3,14,16,17). The third kappa shape index (κ3) is 4.87. The van der Waals surface area contributed by atoms with E-state index < -0.39 is 6.03 Å². The van der Waals surface area contributed by atoms with Crippen LogP contribution < -0.4 is 20.6 Å². The van der Waals surface area contributed by atoms with Gasteiger partial charge in [-0.2, -0.15) is 5.10 Å². The van der Waals surface area contributed by atoms with Crippen LogP contribution in [0, 0.1) is 0 Å². The summed E-state index contributed by atoms with van der Waals surface area (Å²) in [5.41, 5.74) is 7.79. The fourth-order valence-electron chi connectivity index (χ4n) is 1.33. The highest BCUT2D eigenvalue weighted by Crippen LogP contribution is 2.28. The Morgan fingerprint density at radius 2 is 2.26 bits per heavy atom. The van der Waals surface area contributed by atoms with E-state index in [1.807, 2.05) is 19.9 Å². The maximum atomic E-state index is 10.5. The second kappa shape index (κ2) is 7.25. The molecule has 0 spiro atoms. The molecule has 0 saturated heterocycles. The molecule has 0 fully saturated rings. The first-order chi connectivity index (χ1) is 9.06. The smallest absolute Gasteiger partial charge is 0.332 e. The van der Waals surface area contributed by atoms with Gasteiger partial charge in [-0.15, -0.1) is 0 Å². The van der Waals surface area contributed by atoms with Gasteiger partial charge in [-0.3, -0.25) is 0 Å². The molecule has 1 aromatic rings. The summed E-state index contributed by atoms with van der Waals surface area (Å²) in [6.45, 7) is 4.04. The van der Waals surface area contributed by atoms with E-state index in [0.29, 0.717) is 11.5 Å². The van der Waals surface area contributed by atoms with E-state index in [-0.39, 0.29) is 6.10 Å². The molecule has 1 rings (SSSR count). The highest BCUT2D eigenvalue weighted by Gasteiger charge is 2.08. The summed E-state index contributed by atoms with van der Waals surface area (Å²) in [6, 6.07) is 4.67. The van der Waals surface area contributed by atoms with Crippen molar-refractivity contribution < 1.29 is 14.3 Å². The Balaban J connectivity index is 2.83. The number of carbonyl (C=O) groups excluding carboxylic acids is 1. The molecule has 0 aliphatic heterocycles. The third-order valence-corrected chi connectivity index (χ3v) is 2.48. The normalized spacial score (nSPS) is 12.2. The predicted molar refractivity (Wildman–Crippen MR) is 73.7 cm³/mol. The Bertz CT molecular complexity index is 460. The Hall–Kier alpha value is -2.24. The van der Waals surface area contributed by atoms with Gasteiger partial charge in [0.05, 0.1) is 19.4 Å². The van der Waals surface area contributed by atoms with Crippen LogP contribution in [0.3, 0.4) is 0 Å². The molecule has 0 radical (unpaired) electrons. The molecule has 1 aromatic carbocycles. The molecular weight excluding hydrogens is 246 g/mol. The number of rotatable bonds is 6. The number of nitrogens with two attached hydrogens (primary N) is 1. The molecule has 104 valence electrons. The zero-order valence-electron chi connectivity index (χ0n) is 11.3. The highest BCUT2D eigenvalue weighted by atomic mass is 16.5. The molecule has 0 aliphatic carbocycles. The maximum Gasteiger partial charge on any atom is 0.332 e. The van der Waals surface area contributed by atoms with Crippen molar-refractivity contribution in [1.29, 1.82) is 0 Å². The summed E-state index contributed by atoms with van der Waals surface area (Å²) < 4.78 is 11.0. The number of nitrogens with one attached hydrogen (secondary N) is 1. The van der Waals surface area contributed by atoms with Crippen molar-refractivity contribution in [2.45, 2.75) is 26.4 Å². The van der Waals surface area contributed by atoms with Gasteiger partial charge in [0, 0.05) is 0 Å². The van der Waals surface area contributed by atoms with Gasteiger partial charge in [0.15, 0.2) is 11.5 Å². The Morgan fingerprint density at radius 3 is 2.84 bits per heavy atom. The van der Waals surface area contributed by atoms with Gasteiger partial charge in [-0.05, 0) is 37.1 Å². The van der Waals surface area contributed by atoms with Crippen molar-refractivity contribution in [3.8, 4) is 11.5 Å². The number of amides is 2. The second-order valence-corrected chi connectivity index (χ2v) is 3.98. The number of hydrazone groups is 1. The first-order valence-electron chi connectivity index (χ1n) is 6.00. The molecule has 2 amide bonds. The molecule has 6 heteroatoms. The van der Waals surface area contributed by atoms with E-state index in [2.05, 4.69) is 10.5 Å². The van der Waals surface area contributed by atoms with Crippen molar-refractivity contribution in [2.75, 3.05) is 7.11 Å². The molecule has 0 aliphatic rings. The van der Waals surface area contributed by atoms with Crippen molar-refractivity contribution in [2.24, 2.45) is 10.8 Å². The molecule has 0 saturated carbocycles. The Labute approximate surface area is 112 Å². The van der Waals surface area contributed by atoms with Crippen molar-refractivity contribution in [3.63, 3.8) is 0 Å². The quantitative estimate of drug-likeness (QED) is 0.608. The lowest BCUT2D eigenvalue weighted by Gasteiger charge is -2.15. The lowest BCUT2D eigenvalue weighted by Crippen LogP contribution is -2.24. The summed E-state index contributed by atoms with van der Waals surface area (Å²) in [7, 11) is 1.57. The molecule has 1 unspecified atom stereocenters. The molecular formula is C13H19N3O3. The van der Waals surface area contributed by atoms with Crippen LogP contribution in [-0.2, 0) is 0 Å². The van der Waals surface area contributed by atoms with Gasteiger partial charge in [0.1, 0.15) is 0 Å². The minimum Gasteiger partial charge on any atom is -0.493 e. The molecule has 6 nitrogen and oxygen atoms in total. The summed E-state index contributed by atoms with van der Waals surface area (Å²) in [5.74, 6) is 1.29.